The van der Waals surface area contributed by atoms with Crippen LogP contribution < -0.4 is 15.1 Å². The number of carbonyl (C=O) groups excluding carboxylic acids is 2. The Labute approximate surface area is 143 Å². The van der Waals surface area contributed by atoms with Crippen molar-refractivity contribution in [2.45, 2.75) is 6.42 Å². The standard InChI is InChI=1S/C17H14ClN3O3/c18-12-6-8-13(9-7-12)21-17(23)10-15(20-21)19-16(22)11-24-14-4-2-1-3-5-14/h1-9H,10-11H2,(H,19,20,22). The Hall–Kier alpha value is -2.86. The van der Waals surface area contributed by atoms with Crippen LogP contribution in [0.2, 0.25) is 5.02 Å². The first-order chi connectivity index (χ1) is 11.6. The van der Waals surface area contributed by atoms with Crippen molar-refractivity contribution < 1.29 is 14.3 Å². The van der Waals surface area contributed by atoms with Gasteiger partial charge < -0.3 is 10.1 Å². The molecule has 0 aromatic heterocycles. The van der Waals surface area contributed by atoms with Crippen molar-refractivity contribution in [2.24, 2.45) is 5.10 Å². The molecule has 7 heteroatoms. The summed E-state index contributed by atoms with van der Waals surface area (Å²) in [5.74, 6) is 0.288. The number of nitrogens with one attached hydrogen (secondary N) is 1. The Morgan fingerprint density at radius 2 is 1.88 bits per heavy atom. The molecule has 0 unspecified atom stereocenters. The Balaban J connectivity index is 1.59. The van der Waals surface area contributed by atoms with Crippen LogP contribution in [0, 0.1) is 0 Å². The summed E-state index contributed by atoms with van der Waals surface area (Å²) in [5.41, 5.74) is 0.592. The van der Waals surface area contributed by atoms with Crippen LogP contribution in [0.15, 0.2) is 59.7 Å². The van der Waals surface area contributed by atoms with Gasteiger partial charge in [0.25, 0.3) is 11.8 Å². The second-order valence-corrected chi connectivity index (χ2v) is 5.49. The number of benzene rings is 2. The largest absolute Gasteiger partial charge is 0.484 e. The molecule has 1 heterocycles. The van der Waals surface area contributed by atoms with E-state index in [0.29, 0.717) is 16.5 Å². The number of nitrogens with zero attached hydrogens (tertiary/aromatic N) is 2. The van der Waals surface area contributed by atoms with Gasteiger partial charge in [0, 0.05) is 5.02 Å². The minimum Gasteiger partial charge on any atom is -0.484 e. The van der Waals surface area contributed by atoms with E-state index < -0.39 is 0 Å². The molecule has 0 bridgehead atoms. The number of amides is 2. The monoisotopic (exact) mass is 343 g/mol. The van der Waals surface area contributed by atoms with Crippen molar-refractivity contribution in [1.29, 1.82) is 0 Å². The van der Waals surface area contributed by atoms with E-state index in [9.17, 15) is 9.59 Å². The average molecular weight is 344 g/mol. The molecule has 1 aliphatic rings. The second-order valence-electron chi connectivity index (χ2n) is 5.06. The lowest BCUT2D eigenvalue weighted by Gasteiger charge is -2.10. The van der Waals surface area contributed by atoms with E-state index in [1.54, 1.807) is 36.4 Å². The number of para-hydroxylation sites is 1. The fraction of sp³-hybridized carbons (Fsp3) is 0.118. The fourth-order valence-electron chi connectivity index (χ4n) is 2.15. The van der Waals surface area contributed by atoms with Crippen molar-refractivity contribution in [3.05, 3.63) is 59.6 Å². The minimum atomic E-state index is -0.372. The molecule has 6 nitrogen and oxygen atoms in total. The molecular weight excluding hydrogens is 330 g/mol. The summed E-state index contributed by atoms with van der Waals surface area (Å²) in [5, 5.41) is 8.53. The van der Waals surface area contributed by atoms with Crippen LogP contribution in [-0.2, 0) is 9.59 Å². The van der Waals surface area contributed by atoms with Crippen LogP contribution in [0.3, 0.4) is 0 Å². The maximum absolute atomic E-state index is 12.0. The van der Waals surface area contributed by atoms with Gasteiger partial charge in [-0.15, -0.1) is 0 Å². The number of hydrazone groups is 1. The zero-order chi connectivity index (χ0) is 16.9. The summed E-state index contributed by atoms with van der Waals surface area (Å²) in [4.78, 5) is 23.9. The summed E-state index contributed by atoms with van der Waals surface area (Å²) < 4.78 is 5.35. The normalized spacial score (nSPS) is 13.6. The van der Waals surface area contributed by atoms with E-state index in [0.717, 1.165) is 0 Å². The molecule has 2 amide bonds. The van der Waals surface area contributed by atoms with E-state index >= 15 is 0 Å². The first-order valence-corrected chi connectivity index (χ1v) is 7.63. The van der Waals surface area contributed by atoms with Gasteiger partial charge in [-0.05, 0) is 36.4 Å². The number of halogens is 1. The predicted molar refractivity (Wildman–Crippen MR) is 91.1 cm³/mol. The third kappa shape index (κ3) is 3.91. The lowest BCUT2D eigenvalue weighted by atomic mass is 10.3. The fourth-order valence-corrected chi connectivity index (χ4v) is 2.27. The maximum atomic E-state index is 12.0. The van der Waals surface area contributed by atoms with Gasteiger partial charge in [-0.3, -0.25) is 9.59 Å². The smallest absolute Gasteiger partial charge is 0.263 e. The highest BCUT2D eigenvalue weighted by Gasteiger charge is 2.26. The Kier molecular flexibility index (Phi) is 4.77. The molecule has 0 radical (unpaired) electrons. The minimum absolute atomic E-state index is 0.0275. The van der Waals surface area contributed by atoms with Crippen LogP contribution in [-0.4, -0.2) is 24.3 Å². The number of hydrogen-bond acceptors (Lipinski definition) is 4. The highest BCUT2D eigenvalue weighted by molar-refractivity contribution is 6.30. The number of rotatable bonds is 4. The maximum Gasteiger partial charge on any atom is 0.263 e. The lowest BCUT2D eigenvalue weighted by molar-refractivity contribution is -0.121. The quantitative estimate of drug-likeness (QED) is 0.927. The molecule has 2 aromatic rings. The molecule has 3 rings (SSSR count). The SMILES string of the molecule is O=C(COc1ccccc1)NC1=NN(c2ccc(Cl)cc2)C(=O)C1. The van der Waals surface area contributed by atoms with E-state index in [1.165, 1.54) is 5.01 Å². The highest BCUT2D eigenvalue weighted by Crippen LogP contribution is 2.22. The van der Waals surface area contributed by atoms with Crippen LogP contribution in [0.1, 0.15) is 6.42 Å². The molecule has 1 N–H and O–H groups in total. The topological polar surface area (TPSA) is 71.0 Å². The van der Waals surface area contributed by atoms with E-state index in [2.05, 4.69) is 10.4 Å². The van der Waals surface area contributed by atoms with Crippen molar-refractivity contribution >= 4 is 34.9 Å². The van der Waals surface area contributed by atoms with Gasteiger partial charge in [0.1, 0.15) is 11.6 Å². The molecule has 2 aromatic carbocycles. The second kappa shape index (κ2) is 7.14. The third-order valence-corrected chi connectivity index (χ3v) is 3.50. The first kappa shape index (κ1) is 16.0. The number of carbonyl (C=O) groups is 2. The van der Waals surface area contributed by atoms with Crippen molar-refractivity contribution in [2.75, 3.05) is 11.6 Å². The van der Waals surface area contributed by atoms with Gasteiger partial charge in [0.2, 0.25) is 0 Å². The molecular formula is C17H14ClN3O3. The van der Waals surface area contributed by atoms with Crippen LogP contribution >= 0.6 is 11.6 Å². The molecule has 0 saturated heterocycles. The number of ether oxygens (including phenoxy) is 1. The number of hydrogen-bond donors (Lipinski definition) is 1. The average Bonchev–Trinajstić information content (AvgIpc) is 2.95. The van der Waals surface area contributed by atoms with Crippen LogP contribution in [0.25, 0.3) is 0 Å². The Morgan fingerprint density at radius 3 is 2.58 bits per heavy atom. The Bertz CT molecular complexity index is 775. The van der Waals surface area contributed by atoms with Crippen molar-refractivity contribution in [3.63, 3.8) is 0 Å². The molecule has 0 fully saturated rings. The first-order valence-electron chi connectivity index (χ1n) is 7.25. The molecule has 0 saturated carbocycles. The van der Waals surface area contributed by atoms with Gasteiger partial charge in [-0.2, -0.15) is 10.1 Å². The van der Waals surface area contributed by atoms with E-state index in [1.807, 2.05) is 18.2 Å². The molecule has 0 atom stereocenters. The van der Waals surface area contributed by atoms with Crippen LogP contribution in [0.5, 0.6) is 5.75 Å². The number of anilines is 1. The van der Waals surface area contributed by atoms with Crippen LogP contribution in [0.4, 0.5) is 5.69 Å². The van der Waals surface area contributed by atoms with Gasteiger partial charge in [-0.25, -0.2) is 0 Å². The summed E-state index contributed by atoms with van der Waals surface area (Å²) in [7, 11) is 0. The molecule has 0 spiro atoms. The zero-order valence-corrected chi connectivity index (χ0v) is 13.4. The molecule has 1 aliphatic heterocycles. The van der Waals surface area contributed by atoms with Gasteiger partial charge in [-0.1, -0.05) is 29.8 Å². The zero-order valence-electron chi connectivity index (χ0n) is 12.6. The van der Waals surface area contributed by atoms with Gasteiger partial charge >= 0.3 is 0 Å². The van der Waals surface area contributed by atoms with Gasteiger partial charge in [0.05, 0.1) is 12.1 Å². The van der Waals surface area contributed by atoms with E-state index in [-0.39, 0.29) is 30.7 Å². The van der Waals surface area contributed by atoms with Crippen molar-refractivity contribution in [3.8, 4) is 5.75 Å². The van der Waals surface area contributed by atoms with Crippen molar-refractivity contribution in [1.82, 2.24) is 5.32 Å². The number of amidine groups is 1. The summed E-state index contributed by atoms with van der Waals surface area (Å²) in [6.45, 7) is -0.155. The molecule has 0 aliphatic carbocycles. The summed E-state index contributed by atoms with van der Waals surface area (Å²) >= 11 is 5.83. The summed E-state index contributed by atoms with van der Waals surface area (Å²) in [6, 6.07) is 15.7. The van der Waals surface area contributed by atoms with E-state index in [4.69, 9.17) is 16.3 Å². The third-order valence-electron chi connectivity index (χ3n) is 3.24. The lowest BCUT2D eigenvalue weighted by Crippen LogP contribution is -2.33. The molecule has 24 heavy (non-hydrogen) atoms. The predicted octanol–water partition coefficient (Wildman–Crippen LogP) is 2.59. The van der Waals surface area contributed by atoms with Gasteiger partial charge in [0.15, 0.2) is 6.61 Å². The highest BCUT2D eigenvalue weighted by atomic mass is 35.5. The summed E-state index contributed by atoms with van der Waals surface area (Å²) in [6.07, 6.45) is 0.0275. The Morgan fingerprint density at radius 1 is 1.17 bits per heavy atom. The molecule has 122 valence electrons.